The van der Waals surface area contributed by atoms with Gasteiger partial charge in [-0.25, -0.2) is 14.2 Å². The zero-order valence-electron chi connectivity index (χ0n) is 32.7. The molecule has 2 fully saturated rings. The van der Waals surface area contributed by atoms with Crippen LogP contribution in [0.1, 0.15) is 58.3 Å². The molecule has 2 atom stereocenters. The number of aromatic nitrogens is 5. The van der Waals surface area contributed by atoms with E-state index >= 15 is 0 Å². The Morgan fingerprint density at radius 3 is 2.64 bits per heavy atom. The molecule has 1 saturated carbocycles. The zero-order chi connectivity index (χ0) is 41.2. The molecule has 2 aliphatic heterocycles. The first-order valence-corrected chi connectivity index (χ1v) is 20.5. The van der Waals surface area contributed by atoms with Crippen LogP contribution in [0.4, 0.5) is 9.93 Å². The van der Waals surface area contributed by atoms with Gasteiger partial charge in [0.1, 0.15) is 47.9 Å². The number of benzene rings is 1. The second kappa shape index (κ2) is 16.7. The van der Waals surface area contributed by atoms with Gasteiger partial charge in [-0.15, -0.1) is 16.7 Å². The van der Waals surface area contributed by atoms with Crippen molar-refractivity contribution < 1.29 is 42.8 Å². The number of hydrogen-bond acceptors (Lipinski definition) is 15. The SMILES string of the molecule is CCO/N=C(\C(=O)NC1C(=O)N2C(C(=O)OCc3ccc(OC)cc3)=C(C[n+]3cn(CCC4(N)CC4)c4cccnc43)CSC12)c1nsc(NC(=O)OC(C)(C)C)n1. The van der Waals surface area contributed by atoms with Crippen molar-refractivity contribution in [3.8, 4) is 5.75 Å². The van der Waals surface area contributed by atoms with Crippen molar-refractivity contribution in [3.05, 3.63) is 71.6 Å². The van der Waals surface area contributed by atoms with E-state index in [1.807, 2.05) is 23.0 Å². The van der Waals surface area contributed by atoms with Gasteiger partial charge < -0.3 is 30.1 Å². The number of oxime groups is 1. The predicted molar refractivity (Wildman–Crippen MR) is 213 cm³/mol. The van der Waals surface area contributed by atoms with E-state index in [0.717, 1.165) is 47.5 Å². The van der Waals surface area contributed by atoms with Crippen LogP contribution in [-0.4, -0.2) is 95.4 Å². The number of ether oxygens (including phenoxy) is 3. The third-order valence-corrected chi connectivity index (χ3v) is 11.5. The van der Waals surface area contributed by atoms with Gasteiger partial charge in [0.25, 0.3) is 11.8 Å². The molecule has 0 spiro atoms. The molecule has 4 aromatic rings. The fourth-order valence-electron chi connectivity index (χ4n) is 6.39. The Kier molecular flexibility index (Phi) is 11.7. The lowest BCUT2D eigenvalue weighted by Crippen LogP contribution is -2.71. The Morgan fingerprint density at radius 1 is 1.16 bits per heavy atom. The summed E-state index contributed by atoms with van der Waals surface area (Å²) >= 11 is 2.21. The van der Waals surface area contributed by atoms with E-state index < -0.39 is 40.9 Å². The number of rotatable bonds is 15. The van der Waals surface area contributed by atoms with Gasteiger partial charge in [0.2, 0.25) is 16.7 Å². The van der Waals surface area contributed by atoms with Gasteiger partial charge in [0.15, 0.2) is 11.8 Å². The number of esters is 1. The van der Waals surface area contributed by atoms with Crippen molar-refractivity contribution in [1.82, 2.24) is 29.1 Å². The first-order chi connectivity index (χ1) is 27.8. The lowest BCUT2D eigenvalue weighted by molar-refractivity contribution is -0.665. The van der Waals surface area contributed by atoms with Crippen LogP contribution >= 0.6 is 23.3 Å². The predicted octanol–water partition coefficient (Wildman–Crippen LogP) is 3.25. The summed E-state index contributed by atoms with van der Waals surface area (Å²) in [5, 5.41) is 8.58. The van der Waals surface area contributed by atoms with Crippen molar-refractivity contribution in [3.63, 3.8) is 0 Å². The molecule has 7 rings (SSSR count). The first kappa shape index (κ1) is 40.6. The normalized spacial score (nSPS) is 18.6. The number of pyridine rings is 1. The van der Waals surface area contributed by atoms with E-state index in [0.29, 0.717) is 23.6 Å². The maximum atomic E-state index is 14.1. The highest BCUT2D eigenvalue weighted by Crippen LogP contribution is 2.41. The van der Waals surface area contributed by atoms with Crippen LogP contribution in [0.5, 0.6) is 5.75 Å². The summed E-state index contributed by atoms with van der Waals surface area (Å²) < 4.78 is 24.6. The van der Waals surface area contributed by atoms with Crippen LogP contribution in [0.2, 0.25) is 0 Å². The molecule has 1 saturated heterocycles. The van der Waals surface area contributed by atoms with E-state index in [-0.39, 0.29) is 47.7 Å². The molecule has 4 N–H and O–H groups in total. The van der Waals surface area contributed by atoms with Crippen molar-refractivity contribution in [2.75, 3.05) is 24.8 Å². The summed E-state index contributed by atoms with van der Waals surface area (Å²) in [7, 11) is 1.57. The lowest BCUT2D eigenvalue weighted by Gasteiger charge is -2.49. The highest BCUT2D eigenvalue weighted by atomic mass is 32.2. The number of thioether (sulfide) groups is 1. The average molecular weight is 834 g/mol. The Morgan fingerprint density at radius 2 is 1.93 bits per heavy atom. The number of nitrogens with one attached hydrogen (secondary N) is 2. The summed E-state index contributed by atoms with van der Waals surface area (Å²) in [6.07, 6.45) is 5.76. The molecule has 1 aromatic carbocycles. The van der Waals surface area contributed by atoms with Gasteiger partial charge in [0, 0.05) is 28.4 Å². The largest absolute Gasteiger partial charge is 0.497 e. The molecule has 18 nitrogen and oxygen atoms in total. The monoisotopic (exact) mass is 833 g/mol. The number of imidazole rings is 1. The second-order valence-corrected chi connectivity index (χ2v) is 16.9. The van der Waals surface area contributed by atoms with Gasteiger partial charge in [-0.1, -0.05) is 17.3 Å². The Balaban J connectivity index is 1.13. The van der Waals surface area contributed by atoms with Crippen molar-refractivity contribution in [1.29, 1.82) is 0 Å². The number of carbonyl (C=O) groups is 4. The molecule has 2 unspecified atom stereocenters. The maximum absolute atomic E-state index is 14.1. The van der Waals surface area contributed by atoms with Gasteiger partial charge in [-0.3, -0.25) is 24.4 Å². The van der Waals surface area contributed by atoms with Crippen LogP contribution in [0, 0.1) is 0 Å². The van der Waals surface area contributed by atoms with Gasteiger partial charge >= 0.3 is 17.7 Å². The van der Waals surface area contributed by atoms with Crippen LogP contribution in [0.3, 0.4) is 0 Å². The van der Waals surface area contributed by atoms with Crippen LogP contribution in [0.15, 0.2) is 65.3 Å². The zero-order valence-corrected chi connectivity index (χ0v) is 34.4. The molecule has 1 aliphatic carbocycles. The van der Waals surface area contributed by atoms with E-state index in [1.165, 1.54) is 16.7 Å². The summed E-state index contributed by atoms with van der Waals surface area (Å²) in [5.74, 6) is -1.10. The van der Waals surface area contributed by atoms with E-state index in [4.69, 9.17) is 24.8 Å². The highest BCUT2D eigenvalue weighted by Gasteiger charge is 2.55. The Bertz CT molecular complexity index is 2280. The molecule has 3 aliphatic rings. The smallest absolute Gasteiger partial charge is 0.414 e. The molecular formula is C38H45N10O8S2+. The number of amides is 3. The molecule has 3 aromatic heterocycles. The number of aryl methyl sites for hydroxylation is 1. The van der Waals surface area contributed by atoms with Gasteiger partial charge in [0.05, 0.1) is 20.2 Å². The van der Waals surface area contributed by atoms with E-state index in [2.05, 4.69) is 34.7 Å². The quantitative estimate of drug-likeness (QED) is 0.0516. The number of hydrogen-bond donors (Lipinski definition) is 3. The first-order valence-electron chi connectivity index (χ1n) is 18.7. The molecule has 20 heteroatoms. The van der Waals surface area contributed by atoms with Gasteiger partial charge in [-0.2, -0.15) is 9.36 Å². The summed E-state index contributed by atoms with van der Waals surface area (Å²) in [4.78, 5) is 69.7. The standard InChI is InChI=1S/C38H44N10O8S2/c1-6-55-44-26(29-42-35(58-45-29)43-36(52)56-37(2,3)4)31(49)41-27-32(50)48-28(34(51)54-19-22-9-11-24(53-5)12-10-22)23(20-57-33(27)48)18-47-21-46(17-15-38(39)13-14-38)25-8-7-16-40-30(25)47/h7-12,16,21,27,33H,6,13-15,17-20,39H2,1-5H3,(H-,41,42,43,45,49,52)/p+1/b44-26-. The fraction of sp³-hybridized carbons (Fsp3) is 0.447. The van der Waals surface area contributed by atoms with E-state index in [9.17, 15) is 19.2 Å². The third kappa shape index (κ3) is 9.08. The number of nitrogens with zero attached hydrogens (tertiary/aromatic N) is 7. The van der Waals surface area contributed by atoms with Gasteiger partial charge in [-0.05, 0) is 76.8 Å². The number of β-lactam (4-membered cyclic amide) rings is 1. The number of anilines is 1. The van der Waals surface area contributed by atoms with Crippen molar-refractivity contribution in [2.24, 2.45) is 10.9 Å². The molecule has 0 bridgehead atoms. The fourth-order valence-corrected chi connectivity index (χ4v) is 8.28. The third-order valence-electron chi connectivity index (χ3n) is 9.53. The molecular weight excluding hydrogens is 789 g/mol. The number of nitrogens with two attached hydrogens (primary N) is 1. The molecule has 3 amide bonds. The minimum Gasteiger partial charge on any atom is -0.497 e. The molecule has 306 valence electrons. The Hall–Kier alpha value is -5.60. The topological polar surface area (TPSA) is 218 Å². The lowest BCUT2D eigenvalue weighted by atomic mass is 10.0. The van der Waals surface area contributed by atoms with Crippen LogP contribution < -0.4 is 25.7 Å². The van der Waals surface area contributed by atoms with Crippen molar-refractivity contribution in [2.45, 2.75) is 89.2 Å². The molecule has 58 heavy (non-hydrogen) atoms. The molecule has 0 radical (unpaired) electrons. The summed E-state index contributed by atoms with van der Waals surface area (Å²) in [5.41, 5.74) is 8.36. The number of carbonyl (C=O) groups excluding carboxylic acids is 4. The highest BCUT2D eigenvalue weighted by molar-refractivity contribution is 8.00. The Labute approximate surface area is 342 Å². The van der Waals surface area contributed by atoms with E-state index in [1.54, 1.807) is 65.3 Å². The summed E-state index contributed by atoms with van der Waals surface area (Å²) in [6.45, 7) is 7.89. The minimum absolute atomic E-state index is 0.0445. The van der Waals surface area contributed by atoms with Crippen LogP contribution in [-0.2, 0) is 48.4 Å². The maximum Gasteiger partial charge on any atom is 0.414 e. The molecule has 5 heterocycles. The van der Waals surface area contributed by atoms with Crippen molar-refractivity contribution >= 4 is 69.2 Å². The summed E-state index contributed by atoms with van der Waals surface area (Å²) in [6, 6.07) is 9.96. The second-order valence-electron chi connectivity index (χ2n) is 15.0. The minimum atomic E-state index is -1.03. The number of methoxy groups -OCH3 is 1. The average Bonchev–Trinajstić information content (AvgIpc) is 3.59. The number of fused-ring (bicyclic) bond motifs is 2. The van der Waals surface area contributed by atoms with Crippen LogP contribution in [0.25, 0.3) is 11.2 Å².